The lowest BCUT2D eigenvalue weighted by Crippen LogP contribution is -2.25. The summed E-state index contributed by atoms with van der Waals surface area (Å²) in [6.45, 7) is 0.282. The van der Waals surface area contributed by atoms with Crippen LogP contribution in [0, 0.1) is 0 Å². The lowest BCUT2D eigenvalue weighted by Gasteiger charge is -2.12. The van der Waals surface area contributed by atoms with Gasteiger partial charge in [0.1, 0.15) is 5.76 Å². The van der Waals surface area contributed by atoms with Gasteiger partial charge < -0.3 is 9.73 Å². The number of hydrogen-bond donors (Lipinski definition) is 1. The number of para-hydroxylation sites is 1. The van der Waals surface area contributed by atoms with Crippen molar-refractivity contribution in [1.82, 2.24) is 24.9 Å². The summed E-state index contributed by atoms with van der Waals surface area (Å²) in [6, 6.07) is 17.3. The minimum absolute atomic E-state index is 0.133. The molecule has 4 aromatic heterocycles. The maximum atomic E-state index is 13.4. The number of pyridine rings is 2. The van der Waals surface area contributed by atoms with Crippen LogP contribution in [0.15, 0.2) is 71.5 Å². The van der Waals surface area contributed by atoms with Gasteiger partial charge in [-0.2, -0.15) is 0 Å². The molecule has 4 heterocycles. The van der Waals surface area contributed by atoms with Gasteiger partial charge in [-0.15, -0.1) is 10.2 Å². The minimum atomic E-state index is -0.133. The molecule has 0 radical (unpaired) electrons. The van der Waals surface area contributed by atoms with E-state index >= 15 is 0 Å². The summed E-state index contributed by atoms with van der Waals surface area (Å²) in [7, 11) is 0. The fourth-order valence-corrected chi connectivity index (χ4v) is 4.34. The Morgan fingerprint density at radius 3 is 2.88 bits per heavy atom. The van der Waals surface area contributed by atoms with Crippen molar-refractivity contribution in [3.8, 4) is 0 Å². The largest absolute Gasteiger partial charge is 0.465 e. The Hall–Kier alpha value is -4.26. The molecule has 1 N–H and O–H groups in total. The number of carbonyl (C=O) groups is 1. The lowest BCUT2D eigenvalue weighted by atomic mass is 10.00. The summed E-state index contributed by atoms with van der Waals surface area (Å²) in [5, 5.41) is 12.3. The first-order valence-corrected chi connectivity index (χ1v) is 10.5. The van der Waals surface area contributed by atoms with Crippen molar-refractivity contribution in [1.29, 1.82) is 0 Å². The molecule has 0 saturated carbocycles. The standard InChI is InChI=1S/C25H19N5O2/c31-25(26-15-22-29-28-21-9-3-4-12-30(21)22)23-18-7-1-2-8-20(18)27-24-16(10-11-19(23)24)14-17-6-5-13-32-17/h1-9,12-14H,10-11,15H2,(H,26,31). The van der Waals surface area contributed by atoms with E-state index in [4.69, 9.17) is 9.40 Å². The van der Waals surface area contributed by atoms with Crippen molar-refractivity contribution in [3.63, 3.8) is 0 Å². The van der Waals surface area contributed by atoms with Crippen LogP contribution in [0.1, 0.15) is 39.6 Å². The Kier molecular flexibility index (Phi) is 4.31. The van der Waals surface area contributed by atoms with Crippen LogP contribution in [-0.4, -0.2) is 25.5 Å². The first-order chi connectivity index (χ1) is 15.8. The molecule has 0 fully saturated rings. The summed E-state index contributed by atoms with van der Waals surface area (Å²) >= 11 is 0. The molecule has 0 atom stereocenters. The number of fused-ring (bicyclic) bond motifs is 3. The highest BCUT2D eigenvalue weighted by Crippen LogP contribution is 2.37. The van der Waals surface area contributed by atoms with E-state index in [1.807, 2.05) is 71.3 Å². The molecule has 7 nitrogen and oxygen atoms in total. The summed E-state index contributed by atoms with van der Waals surface area (Å²) in [6.07, 6.45) is 7.13. The number of carbonyl (C=O) groups excluding carboxylic acids is 1. The Morgan fingerprint density at radius 1 is 1.06 bits per heavy atom. The van der Waals surface area contributed by atoms with E-state index in [-0.39, 0.29) is 12.5 Å². The smallest absolute Gasteiger partial charge is 0.252 e. The van der Waals surface area contributed by atoms with Crippen LogP contribution in [0.25, 0.3) is 28.2 Å². The molecule has 1 aliphatic carbocycles. The van der Waals surface area contributed by atoms with Crippen LogP contribution >= 0.6 is 0 Å². The van der Waals surface area contributed by atoms with E-state index < -0.39 is 0 Å². The number of aromatic nitrogens is 4. The van der Waals surface area contributed by atoms with Crippen molar-refractivity contribution in [3.05, 3.63) is 95.5 Å². The first kappa shape index (κ1) is 18.5. The summed E-state index contributed by atoms with van der Waals surface area (Å²) in [5.41, 5.74) is 5.17. The molecule has 0 aliphatic heterocycles. The average Bonchev–Trinajstić information content (AvgIpc) is 3.57. The molecule has 156 valence electrons. The molecule has 0 saturated heterocycles. The highest BCUT2D eigenvalue weighted by molar-refractivity contribution is 6.09. The summed E-state index contributed by atoms with van der Waals surface area (Å²) < 4.78 is 7.37. The Bertz CT molecular complexity index is 1500. The quantitative estimate of drug-likeness (QED) is 0.468. The molecule has 0 bridgehead atoms. The van der Waals surface area contributed by atoms with E-state index in [0.717, 1.165) is 52.0 Å². The minimum Gasteiger partial charge on any atom is -0.465 e. The average molecular weight is 421 g/mol. The van der Waals surface area contributed by atoms with Gasteiger partial charge in [0.15, 0.2) is 11.5 Å². The fraction of sp³-hybridized carbons (Fsp3) is 0.120. The molecule has 0 unspecified atom stereocenters. The zero-order chi connectivity index (χ0) is 21.5. The van der Waals surface area contributed by atoms with Crippen LogP contribution in [-0.2, 0) is 13.0 Å². The first-order valence-electron chi connectivity index (χ1n) is 10.5. The van der Waals surface area contributed by atoms with Gasteiger partial charge >= 0.3 is 0 Å². The van der Waals surface area contributed by atoms with Gasteiger partial charge in [-0.1, -0.05) is 24.3 Å². The second-order valence-electron chi connectivity index (χ2n) is 7.74. The predicted octanol–water partition coefficient (Wildman–Crippen LogP) is 4.29. The number of amides is 1. The zero-order valence-electron chi connectivity index (χ0n) is 17.2. The van der Waals surface area contributed by atoms with Crippen molar-refractivity contribution in [2.24, 2.45) is 0 Å². The van der Waals surface area contributed by atoms with E-state index in [1.54, 1.807) is 6.26 Å². The Labute approximate surface area is 183 Å². The number of hydrogen-bond acceptors (Lipinski definition) is 5. The van der Waals surface area contributed by atoms with E-state index in [1.165, 1.54) is 0 Å². The summed E-state index contributed by atoms with van der Waals surface area (Å²) in [5.74, 6) is 1.33. The van der Waals surface area contributed by atoms with Crippen LogP contribution in [0.4, 0.5) is 0 Å². The fourth-order valence-electron chi connectivity index (χ4n) is 4.34. The van der Waals surface area contributed by atoms with Crippen LogP contribution in [0.5, 0.6) is 0 Å². The number of nitrogens with one attached hydrogen (secondary N) is 1. The van der Waals surface area contributed by atoms with Gasteiger partial charge in [-0.3, -0.25) is 9.20 Å². The molecule has 32 heavy (non-hydrogen) atoms. The third-order valence-corrected chi connectivity index (χ3v) is 5.82. The number of furan rings is 1. The SMILES string of the molecule is O=C(NCc1nnc2ccccn12)c1c2c(nc3ccccc13)C(=Cc1ccco1)CC2. The van der Waals surface area contributed by atoms with Gasteiger partial charge in [0.05, 0.1) is 29.6 Å². The number of benzene rings is 1. The monoisotopic (exact) mass is 421 g/mol. The van der Waals surface area contributed by atoms with Gasteiger partial charge in [0, 0.05) is 11.6 Å². The maximum Gasteiger partial charge on any atom is 0.252 e. The second kappa shape index (κ2) is 7.46. The maximum absolute atomic E-state index is 13.4. The molecule has 1 aliphatic rings. The van der Waals surface area contributed by atoms with Crippen LogP contribution < -0.4 is 5.32 Å². The van der Waals surface area contributed by atoms with E-state index in [9.17, 15) is 4.79 Å². The molecule has 5 aromatic rings. The zero-order valence-corrected chi connectivity index (χ0v) is 17.2. The van der Waals surface area contributed by atoms with Crippen molar-refractivity contribution >= 4 is 34.1 Å². The van der Waals surface area contributed by atoms with E-state index in [0.29, 0.717) is 11.4 Å². The third kappa shape index (κ3) is 3.06. The molecular formula is C25H19N5O2. The van der Waals surface area contributed by atoms with Crippen LogP contribution in [0.3, 0.4) is 0 Å². The second-order valence-corrected chi connectivity index (χ2v) is 7.74. The van der Waals surface area contributed by atoms with Gasteiger partial charge in [0.2, 0.25) is 0 Å². The van der Waals surface area contributed by atoms with Gasteiger partial charge in [-0.05, 0) is 60.4 Å². The van der Waals surface area contributed by atoms with Crippen molar-refractivity contribution in [2.75, 3.05) is 0 Å². The highest BCUT2D eigenvalue weighted by atomic mass is 16.3. The summed E-state index contributed by atoms with van der Waals surface area (Å²) in [4.78, 5) is 18.3. The van der Waals surface area contributed by atoms with Crippen molar-refractivity contribution < 1.29 is 9.21 Å². The molecule has 1 aromatic carbocycles. The van der Waals surface area contributed by atoms with E-state index in [2.05, 4.69) is 15.5 Å². The Balaban J connectivity index is 1.40. The predicted molar refractivity (Wildman–Crippen MR) is 121 cm³/mol. The lowest BCUT2D eigenvalue weighted by molar-refractivity contribution is 0.0950. The molecule has 0 spiro atoms. The third-order valence-electron chi connectivity index (χ3n) is 5.82. The normalized spacial score (nSPS) is 14.3. The van der Waals surface area contributed by atoms with Crippen molar-refractivity contribution in [2.45, 2.75) is 19.4 Å². The van der Waals surface area contributed by atoms with Crippen LogP contribution in [0.2, 0.25) is 0 Å². The molecule has 6 rings (SSSR count). The number of allylic oxidation sites excluding steroid dienone is 1. The number of nitrogens with zero attached hydrogens (tertiary/aromatic N) is 4. The highest BCUT2D eigenvalue weighted by Gasteiger charge is 2.27. The topological polar surface area (TPSA) is 85.3 Å². The molecule has 1 amide bonds. The Morgan fingerprint density at radius 2 is 1.97 bits per heavy atom. The molecule has 7 heteroatoms. The van der Waals surface area contributed by atoms with Gasteiger partial charge in [-0.25, -0.2) is 4.98 Å². The number of rotatable bonds is 4. The van der Waals surface area contributed by atoms with Gasteiger partial charge in [0.25, 0.3) is 5.91 Å². The molecular weight excluding hydrogens is 402 g/mol.